The van der Waals surface area contributed by atoms with Gasteiger partial charge in [0.2, 0.25) is 0 Å². The van der Waals surface area contributed by atoms with Crippen molar-refractivity contribution in [2.75, 3.05) is 12.4 Å². The van der Waals surface area contributed by atoms with Crippen LogP contribution in [0.1, 0.15) is 5.69 Å². The summed E-state index contributed by atoms with van der Waals surface area (Å²) < 4.78 is 17.6. The van der Waals surface area contributed by atoms with Gasteiger partial charge in [-0.15, -0.1) is 0 Å². The number of rotatable bonds is 3. The van der Waals surface area contributed by atoms with Crippen LogP contribution in [-0.2, 0) is 7.05 Å². The van der Waals surface area contributed by atoms with E-state index in [0.29, 0.717) is 33.6 Å². The van der Waals surface area contributed by atoms with Gasteiger partial charge in [-0.2, -0.15) is 5.10 Å². The first-order chi connectivity index (χ1) is 15.4. The molecule has 4 aromatic heterocycles. The molecular formula is C23H18ClFN6O. The molecule has 5 rings (SSSR count). The van der Waals surface area contributed by atoms with Crippen LogP contribution < -0.4 is 10.9 Å². The summed E-state index contributed by atoms with van der Waals surface area (Å²) >= 11 is 6.01. The zero-order valence-corrected chi connectivity index (χ0v) is 18.3. The predicted molar refractivity (Wildman–Crippen MR) is 124 cm³/mol. The Kier molecular flexibility index (Phi) is 4.67. The van der Waals surface area contributed by atoms with Crippen LogP contribution in [0.15, 0.2) is 53.6 Å². The highest BCUT2D eigenvalue weighted by Crippen LogP contribution is 2.35. The van der Waals surface area contributed by atoms with Crippen molar-refractivity contribution in [2.24, 2.45) is 7.05 Å². The lowest BCUT2D eigenvalue weighted by Gasteiger charge is -2.18. The molecule has 0 atom stereocenters. The highest BCUT2D eigenvalue weighted by molar-refractivity contribution is 6.30. The Hall–Kier alpha value is -3.78. The number of benzene rings is 1. The van der Waals surface area contributed by atoms with Gasteiger partial charge in [0.25, 0.3) is 5.56 Å². The molecule has 32 heavy (non-hydrogen) atoms. The molecule has 4 heterocycles. The molecule has 0 amide bonds. The molecule has 0 spiro atoms. The minimum atomic E-state index is -0.669. The van der Waals surface area contributed by atoms with E-state index >= 15 is 0 Å². The molecule has 7 nitrogen and oxygen atoms in total. The van der Waals surface area contributed by atoms with Gasteiger partial charge in [0.15, 0.2) is 16.6 Å². The molecular weight excluding hydrogens is 431 g/mol. The van der Waals surface area contributed by atoms with E-state index in [0.717, 1.165) is 10.9 Å². The van der Waals surface area contributed by atoms with Crippen LogP contribution in [-0.4, -0.2) is 31.4 Å². The number of anilines is 1. The minimum absolute atomic E-state index is 0.244. The molecule has 0 saturated carbocycles. The zero-order chi connectivity index (χ0) is 22.6. The fraction of sp³-hybridized carbons (Fsp3) is 0.130. The monoisotopic (exact) mass is 448 g/mol. The van der Waals surface area contributed by atoms with E-state index in [1.165, 1.54) is 10.6 Å². The Morgan fingerprint density at radius 3 is 2.75 bits per heavy atom. The van der Waals surface area contributed by atoms with Crippen molar-refractivity contribution >= 4 is 39.2 Å². The summed E-state index contributed by atoms with van der Waals surface area (Å²) in [5.74, 6) is -0.669. The van der Waals surface area contributed by atoms with Crippen molar-refractivity contribution in [2.45, 2.75) is 6.92 Å². The molecule has 160 valence electrons. The van der Waals surface area contributed by atoms with E-state index in [1.54, 1.807) is 37.0 Å². The van der Waals surface area contributed by atoms with Gasteiger partial charge in [-0.3, -0.25) is 19.0 Å². The lowest BCUT2D eigenvalue weighted by Crippen LogP contribution is -2.24. The fourth-order valence-corrected chi connectivity index (χ4v) is 4.16. The molecule has 0 unspecified atom stereocenters. The number of pyridine rings is 3. The van der Waals surface area contributed by atoms with Crippen LogP contribution in [0.5, 0.6) is 0 Å². The van der Waals surface area contributed by atoms with Crippen LogP contribution >= 0.6 is 11.6 Å². The first-order valence-electron chi connectivity index (χ1n) is 9.87. The second-order valence-electron chi connectivity index (χ2n) is 7.46. The quantitative estimate of drug-likeness (QED) is 0.412. The van der Waals surface area contributed by atoms with E-state index in [1.807, 2.05) is 31.4 Å². The van der Waals surface area contributed by atoms with E-state index in [9.17, 15) is 9.18 Å². The summed E-state index contributed by atoms with van der Waals surface area (Å²) in [6, 6.07) is 10.4. The molecule has 0 saturated heterocycles. The number of aromatic nitrogens is 5. The summed E-state index contributed by atoms with van der Waals surface area (Å²) in [5.41, 5.74) is 3.43. The van der Waals surface area contributed by atoms with Gasteiger partial charge in [-0.25, -0.2) is 9.37 Å². The average Bonchev–Trinajstić information content (AvgIpc) is 3.14. The normalized spacial score (nSPS) is 11.4. The number of aryl methyl sites for hydroxylation is 2. The van der Waals surface area contributed by atoms with Crippen LogP contribution in [0.25, 0.3) is 38.8 Å². The second kappa shape index (κ2) is 7.42. The highest BCUT2D eigenvalue weighted by Gasteiger charge is 2.22. The third kappa shape index (κ3) is 3.03. The molecule has 0 aliphatic heterocycles. The van der Waals surface area contributed by atoms with E-state index < -0.39 is 5.82 Å². The van der Waals surface area contributed by atoms with Gasteiger partial charge in [-0.05, 0) is 42.8 Å². The number of hydrogen-bond donors (Lipinski definition) is 1. The van der Waals surface area contributed by atoms with Gasteiger partial charge in [0, 0.05) is 37.3 Å². The summed E-state index contributed by atoms with van der Waals surface area (Å²) in [5, 5.41) is 8.48. The van der Waals surface area contributed by atoms with Gasteiger partial charge >= 0.3 is 0 Å². The van der Waals surface area contributed by atoms with Gasteiger partial charge in [-0.1, -0.05) is 17.7 Å². The first kappa shape index (κ1) is 20.1. The maximum Gasteiger partial charge on any atom is 0.266 e. The second-order valence-corrected chi connectivity index (χ2v) is 7.82. The number of hydrogen-bond acceptors (Lipinski definition) is 5. The van der Waals surface area contributed by atoms with Crippen LogP contribution in [0.3, 0.4) is 0 Å². The third-order valence-electron chi connectivity index (χ3n) is 5.44. The fourth-order valence-electron chi connectivity index (χ4n) is 4.03. The maximum absolute atomic E-state index is 14.5. The molecule has 1 N–H and O–H groups in total. The van der Waals surface area contributed by atoms with Crippen LogP contribution in [0.2, 0.25) is 5.15 Å². The van der Waals surface area contributed by atoms with Gasteiger partial charge in [0.05, 0.1) is 28.1 Å². The maximum atomic E-state index is 14.5. The molecule has 0 fully saturated rings. The van der Waals surface area contributed by atoms with Crippen molar-refractivity contribution in [3.05, 3.63) is 75.8 Å². The molecule has 0 radical (unpaired) electrons. The molecule has 0 aliphatic carbocycles. The van der Waals surface area contributed by atoms with Crippen molar-refractivity contribution in [1.82, 2.24) is 24.3 Å². The minimum Gasteiger partial charge on any atom is -0.387 e. The Balaban J connectivity index is 1.97. The van der Waals surface area contributed by atoms with Crippen molar-refractivity contribution in [3.63, 3.8) is 0 Å². The van der Waals surface area contributed by atoms with Crippen molar-refractivity contribution in [1.29, 1.82) is 0 Å². The summed E-state index contributed by atoms with van der Waals surface area (Å²) in [4.78, 5) is 22.5. The molecule has 5 aromatic rings. The topological polar surface area (TPSA) is 77.6 Å². The largest absolute Gasteiger partial charge is 0.387 e. The number of fused-ring (bicyclic) bond motifs is 2. The van der Waals surface area contributed by atoms with Gasteiger partial charge < -0.3 is 5.32 Å². The number of halogens is 2. The van der Waals surface area contributed by atoms with Crippen molar-refractivity contribution < 1.29 is 4.39 Å². The first-order valence-corrected chi connectivity index (χ1v) is 10.2. The number of nitrogens with one attached hydrogen (secondary N) is 1. The Morgan fingerprint density at radius 1 is 1.19 bits per heavy atom. The molecule has 0 aliphatic rings. The van der Waals surface area contributed by atoms with Crippen LogP contribution in [0, 0.1) is 12.7 Å². The zero-order valence-electron chi connectivity index (χ0n) is 17.5. The summed E-state index contributed by atoms with van der Waals surface area (Å²) in [6.45, 7) is 1.80. The van der Waals surface area contributed by atoms with Crippen LogP contribution in [0.4, 0.5) is 10.1 Å². The Labute approximate surface area is 187 Å². The van der Waals surface area contributed by atoms with E-state index in [4.69, 9.17) is 11.6 Å². The predicted octanol–water partition coefficient (Wildman–Crippen LogP) is 4.48. The third-order valence-corrected chi connectivity index (χ3v) is 5.70. The highest BCUT2D eigenvalue weighted by atomic mass is 35.5. The Morgan fingerprint density at radius 2 is 2.00 bits per heavy atom. The number of nitrogens with zero attached hydrogens (tertiary/aromatic N) is 5. The molecule has 0 bridgehead atoms. The van der Waals surface area contributed by atoms with Gasteiger partial charge in [0.1, 0.15) is 0 Å². The van der Waals surface area contributed by atoms with E-state index in [-0.39, 0.29) is 16.4 Å². The standard InChI is InChI=1S/C23H18ClFN6O/c1-12-18(5-4-8-27-12)31-22-15(10-16(25)21(24)28-22)20(26-2)19(23(31)32)13-6-7-17-14(9-13)11-30(3)29-17/h4-11,26H,1-3H3. The molecule has 9 heteroatoms. The lowest BCUT2D eigenvalue weighted by atomic mass is 10.0. The lowest BCUT2D eigenvalue weighted by molar-refractivity contribution is 0.624. The SMILES string of the molecule is CNc1c(-c2ccc3nn(C)cc3c2)c(=O)n(-c2cccnc2C)c2nc(Cl)c(F)cc12. The summed E-state index contributed by atoms with van der Waals surface area (Å²) in [7, 11) is 3.53. The summed E-state index contributed by atoms with van der Waals surface area (Å²) in [6.07, 6.45) is 3.52. The Bertz CT molecular complexity index is 1590. The molecule has 1 aromatic carbocycles. The van der Waals surface area contributed by atoms with Crippen molar-refractivity contribution in [3.8, 4) is 16.8 Å². The average molecular weight is 449 g/mol. The van der Waals surface area contributed by atoms with E-state index in [2.05, 4.69) is 20.4 Å². The smallest absolute Gasteiger partial charge is 0.266 e.